The summed E-state index contributed by atoms with van der Waals surface area (Å²) in [6.45, 7) is 7.72. The molecule has 0 aromatic rings. The predicted octanol–water partition coefficient (Wildman–Crippen LogP) is 0.111. The van der Waals surface area contributed by atoms with Gasteiger partial charge in [0.2, 0.25) is 5.91 Å². The van der Waals surface area contributed by atoms with Gasteiger partial charge in [-0.2, -0.15) is 0 Å². The minimum Gasteiger partial charge on any atom is -0.394 e. The fraction of sp³-hybridized carbons (Fsp3) is 0.923. The van der Waals surface area contributed by atoms with Crippen molar-refractivity contribution in [3.8, 4) is 0 Å². The van der Waals surface area contributed by atoms with Crippen LogP contribution < -0.4 is 0 Å². The smallest absolute Gasteiger partial charge is 0.237 e. The second kappa shape index (κ2) is 9.52. The number of carbonyl (C=O) groups is 1. The number of aliphatic hydroxyl groups is 2. The van der Waals surface area contributed by atoms with E-state index in [0.717, 1.165) is 13.1 Å². The van der Waals surface area contributed by atoms with Crippen molar-refractivity contribution in [1.29, 1.82) is 0 Å². The van der Waals surface area contributed by atoms with E-state index in [1.165, 1.54) is 0 Å². The monoisotopic (exact) mass is 310 g/mol. The fourth-order valence-corrected chi connectivity index (χ4v) is 1.92. The number of nitrogens with zero attached hydrogens (tertiary/aromatic N) is 2. The molecule has 1 heterocycles. The Bertz CT molecular complexity index is 284. The lowest BCUT2D eigenvalue weighted by Crippen LogP contribution is -2.55. The van der Waals surface area contributed by atoms with Gasteiger partial charge in [-0.25, -0.2) is 0 Å². The van der Waals surface area contributed by atoms with E-state index in [4.69, 9.17) is 26.6 Å². The third-order valence-corrected chi connectivity index (χ3v) is 3.06. The van der Waals surface area contributed by atoms with Crippen LogP contribution in [-0.4, -0.2) is 83.5 Å². The first-order chi connectivity index (χ1) is 9.25. The Morgan fingerprint density at radius 3 is 2.30 bits per heavy atom. The highest BCUT2D eigenvalue weighted by Gasteiger charge is 2.27. The standard InChI is InChI=1S/C8H15ClN2O2.C5H12O2/c1-10-2-3-11(8(13)4-9)7(5-10)6-12;1-5(2,3)7-4-6/h7,12H,2-6H2,1H3;6H,4H2,1-3H3. The maximum atomic E-state index is 11.3. The maximum Gasteiger partial charge on any atom is 0.237 e. The SMILES string of the molecule is CC(C)(C)OCO.CN1CCN(C(=O)CCl)C(CO)C1. The molecule has 1 unspecified atom stereocenters. The molecule has 1 amide bonds. The Hall–Kier alpha value is -0.400. The summed E-state index contributed by atoms with van der Waals surface area (Å²) in [7, 11) is 1.98. The van der Waals surface area contributed by atoms with Gasteiger partial charge in [-0.15, -0.1) is 11.6 Å². The number of alkyl halides is 1. The summed E-state index contributed by atoms with van der Waals surface area (Å²) in [6, 6.07) is -0.0926. The highest BCUT2D eigenvalue weighted by Crippen LogP contribution is 2.08. The number of aliphatic hydroxyl groups excluding tert-OH is 2. The second-order valence-corrected chi connectivity index (χ2v) is 5.97. The topological polar surface area (TPSA) is 73.2 Å². The molecule has 0 bridgehead atoms. The Morgan fingerprint density at radius 2 is 1.95 bits per heavy atom. The molecule has 2 N–H and O–H groups in total. The summed E-state index contributed by atoms with van der Waals surface area (Å²) in [5, 5.41) is 17.2. The van der Waals surface area contributed by atoms with Crippen molar-refractivity contribution in [2.75, 3.05) is 46.0 Å². The first-order valence-corrected chi connectivity index (χ1v) is 7.18. The molecule has 1 rings (SSSR count). The van der Waals surface area contributed by atoms with Crippen LogP contribution in [0, 0.1) is 0 Å². The van der Waals surface area contributed by atoms with Crippen LogP contribution in [0.5, 0.6) is 0 Å². The third kappa shape index (κ3) is 8.01. The van der Waals surface area contributed by atoms with Crippen LogP contribution in [0.15, 0.2) is 0 Å². The van der Waals surface area contributed by atoms with Crippen molar-refractivity contribution in [3.63, 3.8) is 0 Å². The molecule has 1 fully saturated rings. The van der Waals surface area contributed by atoms with Gasteiger partial charge in [0.05, 0.1) is 18.2 Å². The van der Waals surface area contributed by atoms with E-state index in [-0.39, 0.29) is 36.8 Å². The van der Waals surface area contributed by atoms with Crippen molar-refractivity contribution in [2.24, 2.45) is 0 Å². The van der Waals surface area contributed by atoms with Crippen LogP contribution in [0.3, 0.4) is 0 Å². The molecule has 1 aliphatic rings. The Labute approximate surface area is 126 Å². The van der Waals surface area contributed by atoms with Gasteiger partial charge in [-0.05, 0) is 27.8 Å². The number of hydrogen-bond acceptors (Lipinski definition) is 5. The molecule has 120 valence electrons. The summed E-state index contributed by atoms with van der Waals surface area (Å²) in [4.78, 5) is 15.1. The molecule has 7 heteroatoms. The van der Waals surface area contributed by atoms with Crippen molar-refractivity contribution < 1.29 is 19.7 Å². The van der Waals surface area contributed by atoms with Crippen LogP contribution in [-0.2, 0) is 9.53 Å². The third-order valence-electron chi connectivity index (χ3n) is 2.83. The van der Waals surface area contributed by atoms with E-state index in [1.54, 1.807) is 4.90 Å². The van der Waals surface area contributed by atoms with Gasteiger partial charge < -0.3 is 24.7 Å². The molecule has 0 aromatic carbocycles. The quantitative estimate of drug-likeness (QED) is 0.572. The molecule has 20 heavy (non-hydrogen) atoms. The van der Waals surface area contributed by atoms with Gasteiger partial charge in [0, 0.05) is 19.6 Å². The van der Waals surface area contributed by atoms with E-state index in [9.17, 15) is 4.79 Å². The predicted molar refractivity (Wildman–Crippen MR) is 78.7 cm³/mol. The summed E-state index contributed by atoms with van der Waals surface area (Å²) in [5.41, 5.74) is -0.200. The molecule has 0 aliphatic carbocycles. The number of likely N-dealkylation sites (N-methyl/N-ethyl adjacent to an activating group) is 1. The average molecular weight is 311 g/mol. The lowest BCUT2D eigenvalue weighted by molar-refractivity contribution is -0.134. The zero-order valence-corrected chi connectivity index (χ0v) is 13.6. The number of ether oxygens (including phenoxy) is 1. The number of rotatable bonds is 3. The lowest BCUT2D eigenvalue weighted by Gasteiger charge is -2.38. The van der Waals surface area contributed by atoms with Crippen molar-refractivity contribution in [3.05, 3.63) is 0 Å². The highest BCUT2D eigenvalue weighted by molar-refractivity contribution is 6.27. The Morgan fingerprint density at radius 1 is 1.35 bits per heavy atom. The van der Waals surface area contributed by atoms with Crippen LogP contribution in [0.1, 0.15) is 20.8 Å². The molecule has 0 radical (unpaired) electrons. The Kier molecular flexibility index (Phi) is 9.33. The van der Waals surface area contributed by atoms with Crippen LogP contribution in [0.4, 0.5) is 0 Å². The van der Waals surface area contributed by atoms with Gasteiger partial charge >= 0.3 is 0 Å². The molecule has 0 spiro atoms. The zero-order chi connectivity index (χ0) is 15.8. The maximum absolute atomic E-state index is 11.3. The molecular formula is C13H27ClN2O4. The van der Waals surface area contributed by atoms with Crippen LogP contribution in [0.25, 0.3) is 0 Å². The summed E-state index contributed by atoms with van der Waals surface area (Å²) in [5.74, 6) is -0.0888. The van der Waals surface area contributed by atoms with E-state index in [2.05, 4.69) is 4.90 Å². The number of hydrogen-bond donors (Lipinski definition) is 2. The molecule has 0 aromatic heterocycles. The number of carbonyl (C=O) groups excluding carboxylic acids is 1. The Balaban J connectivity index is 0.000000441. The number of halogens is 1. The minimum atomic E-state index is -0.200. The van der Waals surface area contributed by atoms with Gasteiger partial charge in [-0.3, -0.25) is 4.79 Å². The van der Waals surface area contributed by atoms with Crippen molar-refractivity contribution in [1.82, 2.24) is 9.80 Å². The lowest BCUT2D eigenvalue weighted by atomic mass is 10.2. The van der Waals surface area contributed by atoms with E-state index in [0.29, 0.717) is 6.54 Å². The average Bonchev–Trinajstić information content (AvgIpc) is 2.37. The molecule has 1 saturated heterocycles. The van der Waals surface area contributed by atoms with E-state index < -0.39 is 0 Å². The largest absolute Gasteiger partial charge is 0.394 e. The van der Waals surface area contributed by atoms with Crippen molar-refractivity contribution in [2.45, 2.75) is 32.4 Å². The first-order valence-electron chi connectivity index (χ1n) is 6.64. The minimum absolute atomic E-state index is 0.000213. The second-order valence-electron chi connectivity index (χ2n) is 5.71. The van der Waals surface area contributed by atoms with Gasteiger partial charge in [-0.1, -0.05) is 0 Å². The van der Waals surface area contributed by atoms with E-state index >= 15 is 0 Å². The van der Waals surface area contributed by atoms with Crippen molar-refractivity contribution >= 4 is 17.5 Å². The molecule has 0 saturated carbocycles. The van der Waals surface area contributed by atoms with Crippen LogP contribution >= 0.6 is 11.6 Å². The van der Waals surface area contributed by atoms with Gasteiger partial charge in [0.1, 0.15) is 12.7 Å². The zero-order valence-electron chi connectivity index (χ0n) is 12.8. The van der Waals surface area contributed by atoms with Crippen LogP contribution in [0.2, 0.25) is 0 Å². The molecular weight excluding hydrogens is 284 g/mol. The summed E-state index contributed by atoms with van der Waals surface area (Å²) < 4.78 is 4.78. The fourth-order valence-electron chi connectivity index (χ4n) is 1.77. The van der Waals surface area contributed by atoms with E-state index in [1.807, 2.05) is 27.8 Å². The summed E-state index contributed by atoms with van der Waals surface area (Å²) in [6.07, 6.45) is 0. The molecule has 6 nitrogen and oxygen atoms in total. The number of amides is 1. The first kappa shape index (κ1) is 19.6. The van der Waals surface area contributed by atoms with Gasteiger partial charge in [0.15, 0.2) is 0 Å². The molecule has 1 atom stereocenters. The molecule has 1 aliphatic heterocycles. The summed E-state index contributed by atoms with van der Waals surface area (Å²) >= 11 is 5.46. The number of piperazine rings is 1. The highest BCUT2D eigenvalue weighted by atomic mass is 35.5. The van der Waals surface area contributed by atoms with Gasteiger partial charge in [0.25, 0.3) is 0 Å². The normalized spacial score (nSPS) is 20.4.